The minimum absolute atomic E-state index is 0.00348. The molecule has 0 saturated carbocycles. The number of pyridine rings is 1. The number of rotatable bonds is 3. The van der Waals surface area contributed by atoms with E-state index in [4.69, 9.17) is 4.98 Å². The fourth-order valence-corrected chi connectivity index (χ4v) is 3.64. The summed E-state index contributed by atoms with van der Waals surface area (Å²) in [6, 6.07) is 18.0. The lowest BCUT2D eigenvalue weighted by molar-refractivity contribution is -0.132. The molecule has 4 aromatic rings. The number of nitrogens with zero attached hydrogens (tertiary/aromatic N) is 5. The third kappa shape index (κ3) is 3.35. The van der Waals surface area contributed by atoms with Crippen molar-refractivity contribution in [3.05, 3.63) is 77.9 Å². The molecule has 0 aliphatic carbocycles. The Balaban J connectivity index is 1.36. The molecule has 5 rings (SSSR count). The highest BCUT2D eigenvalue weighted by Crippen LogP contribution is 2.23. The molecule has 0 bridgehead atoms. The van der Waals surface area contributed by atoms with Crippen molar-refractivity contribution in [3.8, 4) is 11.5 Å². The number of halogens is 1. The number of aromatic nitrogens is 4. The normalized spacial score (nSPS) is 13.5. The number of fused-ring (bicyclic) bond motifs is 2. The Hall–Kier alpha value is -3.61. The molecule has 144 valence electrons. The minimum Gasteiger partial charge on any atom is -0.333 e. The molecule has 6 nitrogen and oxygen atoms in total. The van der Waals surface area contributed by atoms with Crippen molar-refractivity contribution >= 4 is 16.8 Å². The van der Waals surface area contributed by atoms with E-state index in [1.54, 1.807) is 17.0 Å². The van der Waals surface area contributed by atoms with E-state index in [-0.39, 0.29) is 18.1 Å². The van der Waals surface area contributed by atoms with Gasteiger partial charge in [0, 0.05) is 18.5 Å². The summed E-state index contributed by atoms with van der Waals surface area (Å²) in [7, 11) is 0. The highest BCUT2D eigenvalue weighted by Gasteiger charge is 2.25. The molecule has 1 aliphatic rings. The summed E-state index contributed by atoms with van der Waals surface area (Å²) in [6.45, 7) is 1.59. The maximum Gasteiger partial charge on any atom is 0.227 e. The van der Waals surface area contributed by atoms with E-state index in [0.717, 1.165) is 33.8 Å². The second-order valence-electron chi connectivity index (χ2n) is 7.10. The predicted octanol–water partition coefficient (Wildman–Crippen LogP) is 3.22. The topological polar surface area (TPSA) is 63.9 Å². The number of amides is 1. The van der Waals surface area contributed by atoms with E-state index >= 15 is 0 Å². The largest absolute Gasteiger partial charge is 0.333 e. The summed E-state index contributed by atoms with van der Waals surface area (Å²) in [4.78, 5) is 19.1. The Morgan fingerprint density at radius 1 is 0.966 bits per heavy atom. The molecule has 0 unspecified atom stereocenters. The van der Waals surface area contributed by atoms with Crippen LogP contribution in [0, 0.1) is 5.82 Å². The van der Waals surface area contributed by atoms with E-state index in [0.29, 0.717) is 19.6 Å². The first-order chi connectivity index (χ1) is 14.2. The van der Waals surface area contributed by atoms with Crippen LogP contribution >= 0.6 is 0 Å². The van der Waals surface area contributed by atoms with E-state index in [9.17, 15) is 9.18 Å². The zero-order chi connectivity index (χ0) is 19.8. The molecule has 2 aromatic heterocycles. The van der Waals surface area contributed by atoms with Crippen molar-refractivity contribution in [2.45, 2.75) is 19.5 Å². The molecule has 1 aliphatic heterocycles. The van der Waals surface area contributed by atoms with Crippen molar-refractivity contribution in [1.29, 1.82) is 0 Å². The molecule has 0 atom stereocenters. The number of carbonyl (C=O) groups is 1. The summed E-state index contributed by atoms with van der Waals surface area (Å²) in [6.07, 6.45) is 0.244. The fourth-order valence-electron chi connectivity index (χ4n) is 3.64. The van der Waals surface area contributed by atoms with Gasteiger partial charge in [-0.3, -0.25) is 4.79 Å². The van der Waals surface area contributed by atoms with Crippen LogP contribution in [0.3, 0.4) is 0 Å². The Kier molecular flexibility index (Phi) is 4.27. The SMILES string of the molecule is O=C(Cc1ccc(F)cc1)N1CCn2c(nnc2-c2ccc3ccccc3n2)C1. The summed E-state index contributed by atoms with van der Waals surface area (Å²) in [5, 5.41) is 9.70. The van der Waals surface area contributed by atoms with Crippen LogP contribution in [-0.4, -0.2) is 37.1 Å². The molecular formula is C22H18FN5O. The fraction of sp³-hybridized carbons (Fsp3) is 0.182. The molecule has 0 spiro atoms. The van der Waals surface area contributed by atoms with Gasteiger partial charge in [0.2, 0.25) is 5.91 Å². The smallest absolute Gasteiger partial charge is 0.227 e. The van der Waals surface area contributed by atoms with Gasteiger partial charge in [-0.15, -0.1) is 10.2 Å². The molecule has 0 radical (unpaired) electrons. The van der Waals surface area contributed by atoms with Gasteiger partial charge in [-0.1, -0.05) is 36.4 Å². The van der Waals surface area contributed by atoms with E-state index in [1.807, 2.05) is 41.0 Å². The molecule has 29 heavy (non-hydrogen) atoms. The van der Waals surface area contributed by atoms with Crippen LogP contribution in [0.5, 0.6) is 0 Å². The standard InChI is InChI=1S/C22H18FN5O/c23-17-8-5-15(6-9-17)13-21(29)27-11-12-28-20(14-27)25-26-22(28)19-10-7-16-3-1-2-4-18(16)24-19/h1-10H,11-14H2. The molecule has 0 fully saturated rings. The van der Waals surface area contributed by atoms with Crippen LogP contribution in [0.25, 0.3) is 22.4 Å². The lowest BCUT2D eigenvalue weighted by Gasteiger charge is -2.28. The molecule has 3 heterocycles. The van der Waals surface area contributed by atoms with Crippen LogP contribution < -0.4 is 0 Å². The van der Waals surface area contributed by atoms with Crippen molar-refractivity contribution in [2.75, 3.05) is 6.54 Å². The average molecular weight is 387 g/mol. The minimum atomic E-state index is -0.304. The van der Waals surface area contributed by atoms with Gasteiger partial charge in [0.25, 0.3) is 0 Å². The van der Waals surface area contributed by atoms with Crippen LogP contribution in [0.4, 0.5) is 4.39 Å². The summed E-state index contributed by atoms with van der Waals surface area (Å²) in [5.74, 6) is 1.16. The molecule has 0 saturated heterocycles. The number of benzene rings is 2. The van der Waals surface area contributed by atoms with Crippen LogP contribution in [-0.2, 0) is 24.3 Å². The van der Waals surface area contributed by atoms with Crippen molar-refractivity contribution in [2.24, 2.45) is 0 Å². The maximum atomic E-state index is 13.1. The van der Waals surface area contributed by atoms with Gasteiger partial charge >= 0.3 is 0 Å². The lowest BCUT2D eigenvalue weighted by Crippen LogP contribution is -2.39. The summed E-state index contributed by atoms with van der Waals surface area (Å²) in [5.41, 5.74) is 2.48. The summed E-state index contributed by atoms with van der Waals surface area (Å²) < 4.78 is 15.1. The van der Waals surface area contributed by atoms with Crippen LogP contribution in [0.2, 0.25) is 0 Å². The highest BCUT2D eigenvalue weighted by atomic mass is 19.1. The van der Waals surface area contributed by atoms with Gasteiger partial charge in [0.15, 0.2) is 11.6 Å². The third-order valence-corrected chi connectivity index (χ3v) is 5.20. The van der Waals surface area contributed by atoms with Gasteiger partial charge in [-0.2, -0.15) is 0 Å². The molecule has 0 N–H and O–H groups in total. The van der Waals surface area contributed by atoms with Gasteiger partial charge in [-0.05, 0) is 29.8 Å². The Bertz CT molecular complexity index is 1200. The van der Waals surface area contributed by atoms with Crippen LogP contribution in [0.15, 0.2) is 60.7 Å². The Morgan fingerprint density at radius 3 is 2.66 bits per heavy atom. The Labute approximate surface area is 166 Å². The highest BCUT2D eigenvalue weighted by molar-refractivity contribution is 5.81. The predicted molar refractivity (Wildman–Crippen MR) is 106 cm³/mol. The molecule has 1 amide bonds. The zero-order valence-electron chi connectivity index (χ0n) is 15.6. The summed E-state index contributed by atoms with van der Waals surface area (Å²) >= 11 is 0. The number of hydrogen-bond acceptors (Lipinski definition) is 4. The average Bonchev–Trinajstić information content (AvgIpc) is 3.18. The number of hydrogen-bond donors (Lipinski definition) is 0. The van der Waals surface area contributed by atoms with Gasteiger partial charge in [0.1, 0.15) is 11.5 Å². The molecular weight excluding hydrogens is 369 g/mol. The van der Waals surface area contributed by atoms with Crippen molar-refractivity contribution < 1.29 is 9.18 Å². The van der Waals surface area contributed by atoms with Crippen LogP contribution in [0.1, 0.15) is 11.4 Å². The molecule has 7 heteroatoms. The monoisotopic (exact) mass is 387 g/mol. The second kappa shape index (κ2) is 7.09. The van der Waals surface area contributed by atoms with Gasteiger partial charge < -0.3 is 9.47 Å². The quantitative estimate of drug-likeness (QED) is 0.542. The van der Waals surface area contributed by atoms with Crippen molar-refractivity contribution in [1.82, 2.24) is 24.6 Å². The Morgan fingerprint density at radius 2 is 1.79 bits per heavy atom. The van der Waals surface area contributed by atoms with E-state index < -0.39 is 0 Å². The molecule has 2 aromatic carbocycles. The lowest BCUT2D eigenvalue weighted by atomic mass is 10.1. The zero-order valence-corrected chi connectivity index (χ0v) is 15.6. The van der Waals surface area contributed by atoms with E-state index in [1.165, 1.54) is 12.1 Å². The second-order valence-corrected chi connectivity index (χ2v) is 7.10. The first-order valence-corrected chi connectivity index (χ1v) is 9.48. The van der Waals surface area contributed by atoms with Crippen molar-refractivity contribution in [3.63, 3.8) is 0 Å². The number of carbonyl (C=O) groups excluding carboxylic acids is 1. The first kappa shape index (κ1) is 17.5. The first-order valence-electron chi connectivity index (χ1n) is 9.48. The maximum absolute atomic E-state index is 13.1. The third-order valence-electron chi connectivity index (χ3n) is 5.20. The van der Waals surface area contributed by atoms with Gasteiger partial charge in [-0.25, -0.2) is 9.37 Å². The van der Waals surface area contributed by atoms with Gasteiger partial charge in [0.05, 0.1) is 18.5 Å². The van der Waals surface area contributed by atoms with E-state index in [2.05, 4.69) is 10.2 Å². The number of para-hydroxylation sites is 1.